The van der Waals surface area contributed by atoms with E-state index in [-0.39, 0.29) is 0 Å². The minimum atomic E-state index is 0.450. The van der Waals surface area contributed by atoms with Crippen LogP contribution in [0.2, 0.25) is 0 Å². The first-order chi connectivity index (χ1) is 9.93. The Morgan fingerprint density at radius 3 is 2.29 bits per heavy atom. The molecule has 1 unspecified atom stereocenters. The molecule has 0 saturated carbocycles. The molecule has 1 N–H and O–H groups in total. The summed E-state index contributed by atoms with van der Waals surface area (Å²) in [4.78, 5) is 2.78. The van der Waals surface area contributed by atoms with Gasteiger partial charge in [-0.3, -0.25) is 0 Å². The van der Waals surface area contributed by atoms with E-state index < -0.39 is 0 Å². The van der Waals surface area contributed by atoms with Crippen molar-refractivity contribution in [1.29, 1.82) is 0 Å². The number of hydrogen-bond acceptors (Lipinski definition) is 2. The van der Waals surface area contributed by atoms with Crippen molar-refractivity contribution >= 4 is 27.3 Å². The van der Waals surface area contributed by atoms with Crippen LogP contribution in [0.15, 0.2) is 28.7 Å². The Hall–Kier alpha value is -0.640. The Balaban J connectivity index is 2.35. The first-order valence-electron chi connectivity index (χ1n) is 7.54. The first-order valence-corrected chi connectivity index (χ1v) is 9.15. The van der Waals surface area contributed by atoms with E-state index in [9.17, 15) is 0 Å². The summed E-state index contributed by atoms with van der Waals surface area (Å²) in [5.74, 6) is 0.602. The van der Waals surface area contributed by atoms with E-state index in [4.69, 9.17) is 0 Å². The second-order valence-corrected chi connectivity index (χ2v) is 7.81. The summed E-state index contributed by atoms with van der Waals surface area (Å²) in [5.41, 5.74) is 3.92. The van der Waals surface area contributed by atoms with Crippen molar-refractivity contribution in [2.45, 2.75) is 40.7 Å². The number of thiophene rings is 1. The van der Waals surface area contributed by atoms with Crippen LogP contribution in [-0.4, -0.2) is 6.54 Å². The van der Waals surface area contributed by atoms with Gasteiger partial charge in [0.05, 0.1) is 0 Å². The average molecular weight is 366 g/mol. The third kappa shape index (κ3) is 3.77. The largest absolute Gasteiger partial charge is 0.309 e. The minimum absolute atomic E-state index is 0.450. The molecule has 1 atom stereocenters. The molecule has 0 radical (unpaired) electrons. The van der Waals surface area contributed by atoms with Gasteiger partial charge in [-0.1, -0.05) is 36.7 Å². The average Bonchev–Trinajstić information content (AvgIpc) is 2.90. The highest BCUT2D eigenvalue weighted by molar-refractivity contribution is 9.10. The predicted octanol–water partition coefficient (Wildman–Crippen LogP) is 6.10. The molecule has 0 spiro atoms. The summed E-state index contributed by atoms with van der Waals surface area (Å²) >= 11 is 5.56. The van der Waals surface area contributed by atoms with Crippen molar-refractivity contribution in [2.75, 3.05) is 6.54 Å². The molecule has 0 aliphatic heterocycles. The molecule has 0 aliphatic rings. The number of halogens is 1. The lowest BCUT2D eigenvalue weighted by Crippen LogP contribution is -2.24. The maximum absolute atomic E-state index is 3.65. The zero-order valence-corrected chi connectivity index (χ0v) is 15.9. The van der Waals surface area contributed by atoms with Crippen LogP contribution in [0.3, 0.4) is 0 Å². The van der Waals surface area contributed by atoms with Gasteiger partial charge < -0.3 is 5.32 Å². The van der Waals surface area contributed by atoms with Crippen LogP contribution in [0.5, 0.6) is 0 Å². The van der Waals surface area contributed by atoms with E-state index >= 15 is 0 Å². The molecule has 0 bridgehead atoms. The zero-order valence-electron chi connectivity index (χ0n) is 13.5. The fourth-order valence-corrected chi connectivity index (χ4v) is 4.12. The van der Waals surface area contributed by atoms with E-state index in [1.54, 1.807) is 0 Å². The van der Waals surface area contributed by atoms with Crippen LogP contribution >= 0.6 is 27.3 Å². The molecule has 3 heteroatoms. The molecular weight excluding hydrogens is 342 g/mol. The van der Waals surface area contributed by atoms with Crippen molar-refractivity contribution in [2.24, 2.45) is 5.92 Å². The Bertz CT molecular complexity index is 592. The molecule has 2 rings (SSSR count). The van der Waals surface area contributed by atoms with Gasteiger partial charge in [-0.15, -0.1) is 11.3 Å². The molecule has 2 aromatic rings. The number of nitrogens with one attached hydrogen (secondary N) is 1. The maximum Gasteiger partial charge on any atom is 0.0438 e. The van der Waals surface area contributed by atoms with Crippen molar-refractivity contribution in [3.05, 3.63) is 44.7 Å². The summed E-state index contributed by atoms with van der Waals surface area (Å²) < 4.78 is 1.22. The van der Waals surface area contributed by atoms with Crippen molar-refractivity contribution in [3.8, 4) is 10.4 Å². The highest BCUT2D eigenvalue weighted by atomic mass is 79.9. The monoisotopic (exact) mass is 365 g/mol. The minimum Gasteiger partial charge on any atom is -0.309 e. The van der Waals surface area contributed by atoms with Gasteiger partial charge in [-0.25, -0.2) is 0 Å². The number of rotatable bonds is 5. The molecule has 1 aromatic carbocycles. The van der Waals surface area contributed by atoms with Crippen molar-refractivity contribution < 1.29 is 0 Å². The lowest BCUT2D eigenvalue weighted by molar-refractivity contribution is 0.428. The van der Waals surface area contributed by atoms with Gasteiger partial charge in [0.25, 0.3) is 0 Å². The highest BCUT2D eigenvalue weighted by Gasteiger charge is 2.17. The number of benzene rings is 1. The Morgan fingerprint density at radius 1 is 1.14 bits per heavy atom. The Kier molecular flexibility index (Phi) is 5.64. The predicted molar refractivity (Wildman–Crippen MR) is 98.2 cm³/mol. The molecule has 1 heterocycles. The molecule has 1 aromatic heterocycles. The fourth-order valence-electron chi connectivity index (χ4n) is 2.65. The normalized spacial score (nSPS) is 12.9. The SMILES string of the molecule is CCNC(c1ccc(-c2cc(C)c(Br)c(C)c2)s1)C(C)C. The van der Waals surface area contributed by atoms with E-state index in [0.717, 1.165) is 6.54 Å². The van der Waals surface area contributed by atoms with Crippen molar-refractivity contribution in [3.63, 3.8) is 0 Å². The number of hydrogen-bond donors (Lipinski definition) is 1. The quantitative estimate of drug-likeness (QED) is 0.674. The zero-order chi connectivity index (χ0) is 15.6. The molecule has 0 saturated heterocycles. The van der Waals surface area contributed by atoms with Gasteiger partial charge in [0, 0.05) is 20.3 Å². The van der Waals surface area contributed by atoms with Gasteiger partial charge in [0.15, 0.2) is 0 Å². The highest BCUT2D eigenvalue weighted by Crippen LogP contribution is 2.36. The van der Waals surface area contributed by atoms with E-state index in [2.05, 4.69) is 80.1 Å². The molecular formula is C18H24BrNS. The van der Waals surface area contributed by atoms with Gasteiger partial charge >= 0.3 is 0 Å². The summed E-state index contributed by atoms with van der Waals surface area (Å²) in [5, 5.41) is 3.60. The molecule has 0 aliphatic carbocycles. The summed E-state index contributed by atoms with van der Waals surface area (Å²) in [6.07, 6.45) is 0. The second-order valence-electron chi connectivity index (χ2n) is 5.91. The van der Waals surface area contributed by atoms with E-state index in [0.29, 0.717) is 12.0 Å². The van der Waals surface area contributed by atoms with Gasteiger partial charge in [0.1, 0.15) is 0 Å². The van der Waals surface area contributed by atoms with Crippen LogP contribution in [0.4, 0.5) is 0 Å². The lowest BCUT2D eigenvalue weighted by Gasteiger charge is -2.20. The third-order valence-corrected chi connectivity index (χ3v) is 6.21. The summed E-state index contributed by atoms with van der Waals surface area (Å²) in [6, 6.07) is 9.52. The molecule has 0 fully saturated rings. The third-order valence-electron chi connectivity index (χ3n) is 3.74. The van der Waals surface area contributed by atoms with Crippen LogP contribution in [0.25, 0.3) is 10.4 Å². The smallest absolute Gasteiger partial charge is 0.0438 e. The van der Waals surface area contributed by atoms with Gasteiger partial charge in [0.2, 0.25) is 0 Å². The number of aryl methyl sites for hydroxylation is 2. The van der Waals surface area contributed by atoms with Crippen LogP contribution in [-0.2, 0) is 0 Å². The standard InChI is InChI=1S/C18H24BrNS/c1-6-20-18(11(2)3)16-8-7-15(21-16)14-9-12(4)17(19)13(5)10-14/h7-11,18,20H,6H2,1-5H3. The van der Waals surface area contributed by atoms with Gasteiger partial charge in [-0.2, -0.15) is 0 Å². The topological polar surface area (TPSA) is 12.0 Å². The van der Waals surface area contributed by atoms with Crippen LogP contribution < -0.4 is 5.32 Å². The van der Waals surface area contributed by atoms with Gasteiger partial charge in [-0.05, 0) is 67.3 Å². The Labute approximate surface area is 140 Å². The first kappa shape index (κ1) is 16.7. The van der Waals surface area contributed by atoms with Crippen LogP contribution in [0.1, 0.15) is 42.8 Å². The van der Waals surface area contributed by atoms with Crippen molar-refractivity contribution in [1.82, 2.24) is 5.32 Å². The fraction of sp³-hybridized carbons (Fsp3) is 0.444. The second kappa shape index (κ2) is 7.08. The van der Waals surface area contributed by atoms with E-state index in [1.165, 1.54) is 30.9 Å². The summed E-state index contributed by atoms with van der Waals surface area (Å²) in [6.45, 7) is 12.1. The molecule has 114 valence electrons. The summed E-state index contributed by atoms with van der Waals surface area (Å²) in [7, 11) is 0. The molecule has 0 amide bonds. The molecule has 21 heavy (non-hydrogen) atoms. The Morgan fingerprint density at radius 2 is 1.76 bits per heavy atom. The van der Waals surface area contributed by atoms with E-state index in [1.807, 2.05) is 11.3 Å². The lowest BCUT2D eigenvalue weighted by atomic mass is 10.0. The van der Waals surface area contributed by atoms with Crippen LogP contribution in [0, 0.1) is 19.8 Å². The maximum atomic E-state index is 3.65. The molecule has 1 nitrogen and oxygen atoms in total.